The first-order valence-electron chi connectivity index (χ1n) is 8.03. The highest BCUT2D eigenvalue weighted by atomic mass is 16.2. The van der Waals surface area contributed by atoms with Gasteiger partial charge in [-0.25, -0.2) is 0 Å². The Balaban J connectivity index is 2.63. The molecule has 0 aliphatic heterocycles. The van der Waals surface area contributed by atoms with E-state index >= 15 is 0 Å². The zero-order valence-electron chi connectivity index (χ0n) is 13.7. The van der Waals surface area contributed by atoms with Crippen molar-refractivity contribution < 1.29 is 4.79 Å². The highest BCUT2D eigenvalue weighted by molar-refractivity contribution is 5.94. The predicted molar refractivity (Wildman–Crippen MR) is 86.9 cm³/mol. The molecule has 2 N–H and O–H groups in total. The van der Waals surface area contributed by atoms with E-state index in [-0.39, 0.29) is 23.1 Å². The summed E-state index contributed by atoms with van der Waals surface area (Å²) in [5.74, 6) is -0.273. The number of rotatable bonds is 8. The summed E-state index contributed by atoms with van der Waals surface area (Å²) in [5, 5.41) is 2.92. The molecular weight excluding hydrogens is 264 g/mol. The van der Waals surface area contributed by atoms with Crippen molar-refractivity contribution in [3.63, 3.8) is 0 Å². The van der Waals surface area contributed by atoms with Gasteiger partial charge in [0.15, 0.2) is 0 Å². The second-order valence-electron chi connectivity index (χ2n) is 5.75. The third kappa shape index (κ3) is 5.37. The first-order valence-corrected chi connectivity index (χ1v) is 8.03. The maximum atomic E-state index is 12.2. The number of pyridine rings is 1. The zero-order chi connectivity index (χ0) is 15.8. The predicted octanol–water partition coefficient (Wildman–Crippen LogP) is 3.33. The van der Waals surface area contributed by atoms with Crippen molar-refractivity contribution in [2.75, 3.05) is 0 Å². The van der Waals surface area contributed by atoms with Crippen molar-refractivity contribution in [3.05, 3.63) is 33.2 Å². The molecule has 0 aliphatic rings. The number of hydrogen-bond acceptors (Lipinski definition) is 2. The molecule has 0 aromatic carbocycles. The third-order valence-electron chi connectivity index (χ3n) is 3.81. The summed E-state index contributed by atoms with van der Waals surface area (Å²) in [7, 11) is 0. The molecule has 0 unspecified atom stereocenters. The number of aryl methyl sites for hydroxylation is 2. The first kappa shape index (κ1) is 17.5. The van der Waals surface area contributed by atoms with Crippen LogP contribution < -0.4 is 10.9 Å². The number of aromatic nitrogens is 1. The van der Waals surface area contributed by atoms with Gasteiger partial charge in [0, 0.05) is 11.7 Å². The molecule has 1 atom stereocenters. The van der Waals surface area contributed by atoms with E-state index in [4.69, 9.17) is 0 Å². The summed E-state index contributed by atoms with van der Waals surface area (Å²) < 4.78 is 0. The monoisotopic (exact) mass is 292 g/mol. The molecule has 1 rings (SSSR count). The lowest BCUT2D eigenvalue weighted by atomic mass is 10.1. The normalized spacial score (nSPS) is 12.2. The molecule has 4 nitrogen and oxygen atoms in total. The van der Waals surface area contributed by atoms with Crippen molar-refractivity contribution in [1.29, 1.82) is 0 Å². The number of hydrogen-bond donors (Lipinski definition) is 2. The van der Waals surface area contributed by atoms with Gasteiger partial charge in [-0.2, -0.15) is 0 Å². The van der Waals surface area contributed by atoms with Gasteiger partial charge >= 0.3 is 0 Å². The molecule has 4 heteroatoms. The van der Waals surface area contributed by atoms with E-state index in [0.29, 0.717) is 0 Å². The molecule has 1 aromatic heterocycles. The van der Waals surface area contributed by atoms with Crippen LogP contribution in [-0.4, -0.2) is 16.9 Å². The van der Waals surface area contributed by atoms with Crippen LogP contribution in [0.25, 0.3) is 0 Å². The van der Waals surface area contributed by atoms with Crippen LogP contribution in [-0.2, 0) is 6.42 Å². The number of aromatic amines is 1. The lowest BCUT2D eigenvalue weighted by molar-refractivity contribution is 0.0936. The van der Waals surface area contributed by atoms with Crippen molar-refractivity contribution in [1.82, 2.24) is 10.3 Å². The summed E-state index contributed by atoms with van der Waals surface area (Å²) >= 11 is 0. The van der Waals surface area contributed by atoms with Gasteiger partial charge in [-0.1, -0.05) is 39.5 Å². The van der Waals surface area contributed by atoms with E-state index in [9.17, 15) is 9.59 Å². The molecule has 1 aromatic rings. The van der Waals surface area contributed by atoms with Gasteiger partial charge < -0.3 is 10.3 Å². The smallest absolute Gasteiger partial charge is 0.261 e. The van der Waals surface area contributed by atoms with Gasteiger partial charge in [0.25, 0.3) is 11.5 Å². The van der Waals surface area contributed by atoms with Gasteiger partial charge in [0.1, 0.15) is 5.56 Å². The molecule has 21 heavy (non-hydrogen) atoms. The Morgan fingerprint density at radius 3 is 2.62 bits per heavy atom. The molecule has 0 saturated carbocycles. The number of carbonyl (C=O) groups is 1. The average Bonchev–Trinajstić information content (AvgIpc) is 2.45. The van der Waals surface area contributed by atoms with E-state index in [1.54, 1.807) is 6.07 Å². The Morgan fingerprint density at radius 2 is 2.00 bits per heavy atom. The molecular formula is C17H28N2O2. The van der Waals surface area contributed by atoms with Gasteiger partial charge in [0.2, 0.25) is 0 Å². The fourth-order valence-electron chi connectivity index (χ4n) is 2.46. The summed E-state index contributed by atoms with van der Waals surface area (Å²) in [4.78, 5) is 26.9. The van der Waals surface area contributed by atoms with Crippen LogP contribution in [0.3, 0.4) is 0 Å². The number of H-pyrrole nitrogens is 1. The fraction of sp³-hybridized carbons (Fsp3) is 0.647. The van der Waals surface area contributed by atoms with E-state index < -0.39 is 0 Å². The number of carbonyl (C=O) groups excluding carboxylic acids is 1. The molecule has 0 fully saturated rings. The van der Waals surface area contributed by atoms with Crippen LogP contribution in [0.2, 0.25) is 0 Å². The highest BCUT2D eigenvalue weighted by Gasteiger charge is 2.14. The largest absolute Gasteiger partial charge is 0.349 e. The third-order valence-corrected chi connectivity index (χ3v) is 3.81. The second-order valence-corrected chi connectivity index (χ2v) is 5.75. The summed E-state index contributed by atoms with van der Waals surface area (Å²) in [6.45, 7) is 8.07. The summed E-state index contributed by atoms with van der Waals surface area (Å²) in [6, 6.07) is 1.79. The standard InChI is InChI=1S/C17H28N2O2/c1-5-7-8-9-10-13(4)18-16(20)14-11-12(3)15(6-2)19-17(14)21/h11,13H,5-10H2,1-4H3,(H,18,20)(H,19,21)/t13-/m0/s1. The highest BCUT2D eigenvalue weighted by Crippen LogP contribution is 2.07. The molecule has 0 saturated heterocycles. The minimum atomic E-state index is -0.298. The molecule has 0 spiro atoms. The number of nitrogens with one attached hydrogen (secondary N) is 2. The van der Waals surface area contributed by atoms with Crippen molar-refractivity contribution in [2.24, 2.45) is 0 Å². The van der Waals surface area contributed by atoms with Gasteiger partial charge in [0.05, 0.1) is 0 Å². The quantitative estimate of drug-likeness (QED) is 0.722. The Labute approximate surface area is 127 Å². The molecule has 1 heterocycles. The molecule has 1 amide bonds. The SMILES string of the molecule is CCCCCC[C@H](C)NC(=O)c1cc(C)c(CC)[nH]c1=O. The zero-order valence-corrected chi connectivity index (χ0v) is 13.7. The van der Waals surface area contributed by atoms with Crippen molar-refractivity contribution in [3.8, 4) is 0 Å². The Bertz CT molecular complexity index is 520. The van der Waals surface area contributed by atoms with Crippen LogP contribution in [0.5, 0.6) is 0 Å². The van der Waals surface area contributed by atoms with E-state index in [1.165, 1.54) is 19.3 Å². The average molecular weight is 292 g/mol. The lowest BCUT2D eigenvalue weighted by Gasteiger charge is -2.14. The maximum absolute atomic E-state index is 12.2. The second kappa shape index (κ2) is 8.65. The van der Waals surface area contributed by atoms with E-state index in [0.717, 1.165) is 30.5 Å². The Morgan fingerprint density at radius 1 is 1.29 bits per heavy atom. The minimum Gasteiger partial charge on any atom is -0.349 e. The van der Waals surface area contributed by atoms with Crippen LogP contribution in [0.4, 0.5) is 0 Å². The van der Waals surface area contributed by atoms with Gasteiger partial charge in [-0.05, 0) is 38.3 Å². The number of unbranched alkanes of at least 4 members (excludes halogenated alkanes) is 3. The maximum Gasteiger partial charge on any atom is 0.261 e. The summed E-state index contributed by atoms with van der Waals surface area (Å²) in [6.07, 6.45) is 6.46. The van der Waals surface area contributed by atoms with E-state index in [2.05, 4.69) is 17.2 Å². The van der Waals surface area contributed by atoms with Crippen molar-refractivity contribution >= 4 is 5.91 Å². The Kier molecular flexibility index (Phi) is 7.20. The first-order chi connectivity index (χ1) is 9.99. The molecule has 0 bridgehead atoms. The Hall–Kier alpha value is -1.58. The lowest BCUT2D eigenvalue weighted by Crippen LogP contribution is -2.36. The fourth-order valence-corrected chi connectivity index (χ4v) is 2.46. The van der Waals surface area contributed by atoms with Crippen LogP contribution in [0.15, 0.2) is 10.9 Å². The number of amides is 1. The van der Waals surface area contributed by atoms with Crippen LogP contribution in [0.1, 0.15) is 74.5 Å². The van der Waals surface area contributed by atoms with Crippen LogP contribution >= 0.6 is 0 Å². The van der Waals surface area contributed by atoms with E-state index in [1.807, 2.05) is 20.8 Å². The molecule has 118 valence electrons. The minimum absolute atomic E-state index is 0.0971. The molecule has 0 radical (unpaired) electrons. The molecule has 0 aliphatic carbocycles. The van der Waals surface area contributed by atoms with Crippen LogP contribution in [0, 0.1) is 6.92 Å². The van der Waals surface area contributed by atoms with Gasteiger partial charge in [-0.15, -0.1) is 0 Å². The topological polar surface area (TPSA) is 62.0 Å². The summed E-state index contributed by atoms with van der Waals surface area (Å²) in [5.41, 5.74) is 1.76. The van der Waals surface area contributed by atoms with Gasteiger partial charge in [-0.3, -0.25) is 9.59 Å². The van der Waals surface area contributed by atoms with Crippen molar-refractivity contribution in [2.45, 2.75) is 72.3 Å².